The molecule has 0 amide bonds. The summed E-state index contributed by atoms with van der Waals surface area (Å²) in [6.45, 7) is 18.4. The topological polar surface area (TPSA) is 19.0 Å². The molecule has 0 bridgehead atoms. The Kier molecular flexibility index (Phi) is 8.21. The van der Waals surface area contributed by atoms with E-state index in [1.165, 1.54) is 90.3 Å². The third-order valence-electron chi connectivity index (χ3n) is 8.22. The van der Waals surface area contributed by atoms with Crippen molar-refractivity contribution in [1.29, 1.82) is 0 Å². The summed E-state index contributed by atoms with van der Waals surface area (Å²) in [4.78, 5) is 5.39. The molecule has 5 heteroatoms. The van der Waals surface area contributed by atoms with Crippen LogP contribution < -0.4 is 21.5 Å². The van der Waals surface area contributed by atoms with Gasteiger partial charge in [0.05, 0.1) is 0 Å². The van der Waals surface area contributed by atoms with Gasteiger partial charge < -0.3 is 0 Å². The molecule has 4 nitrogen and oxygen atoms in total. The summed E-state index contributed by atoms with van der Waals surface area (Å²) < 4.78 is 8.70. The van der Waals surface area contributed by atoms with Gasteiger partial charge in [0, 0.05) is 0 Å². The number of likely N-dealkylation sites (tertiary alicyclic amines) is 1. The molecule has 4 aliphatic rings. The normalized spacial score (nSPS) is 32.1. The van der Waals surface area contributed by atoms with E-state index < -0.39 is 0 Å². The van der Waals surface area contributed by atoms with Gasteiger partial charge >= 0.3 is 197 Å². The van der Waals surface area contributed by atoms with E-state index in [4.69, 9.17) is 11.3 Å². The summed E-state index contributed by atoms with van der Waals surface area (Å²) in [6.07, 6.45) is 14.9. The Hall–Kier alpha value is -0.100. The van der Waals surface area contributed by atoms with Crippen LogP contribution in [0.25, 0.3) is 0 Å². The van der Waals surface area contributed by atoms with E-state index in [0.717, 1.165) is 37.4 Å². The molecule has 172 valence electrons. The molecule has 0 atom stereocenters. The molecule has 0 aromatic heterocycles. The first-order chi connectivity index (χ1) is 14.6. The van der Waals surface area contributed by atoms with Crippen molar-refractivity contribution in [3.8, 4) is 0 Å². The van der Waals surface area contributed by atoms with Crippen molar-refractivity contribution in [2.24, 2.45) is 11.8 Å². The Bertz CT molecular complexity index is 547. The van der Waals surface area contributed by atoms with Crippen molar-refractivity contribution in [2.45, 2.75) is 94.1 Å². The van der Waals surface area contributed by atoms with Gasteiger partial charge in [-0.1, -0.05) is 0 Å². The average Bonchev–Trinajstić information content (AvgIpc) is 3.02. The second-order valence-corrected chi connectivity index (χ2v) is 13.6. The number of hydrogen-bond acceptors (Lipinski definition) is 4. The van der Waals surface area contributed by atoms with Gasteiger partial charge in [-0.15, -0.1) is 0 Å². The van der Waals surface area contributed by atoms with E-state index in [9.17, 15) is 0 Å². The maximum absolute atomic E-state index is 6.87. The number of piperidine rings is 1. The van der Waals surface area contributed by atoms with Gasteiger partial charge in [-0.3, -0.25) is 0 Å². The van der Waals surface area contributed by atoms with E-state index in [0.29, 0.717) is 9.59 Å². The van der Waals surface area contributed by atoms with Crippen LogP contribution in [0.4, 0.5) is 0 Å². The number of ether oxygens (including phenoxy) is 1. The number of hydrogen-bond donors (Lipinski definition) is 0. The fraction of sp³-hybridized carbons (Fsp3) is 0.920. The molecule has 30 heavy (non-hydrogen) atoms. The van der Waals surface area contributed by atoms with E-state index in [2.05, 4.69) is 26.8 Å². The first-order valence-corrected chi connectivity index (χ1v) is 14.8. The molecule has 1 aliphatic carbocycles. The number of rotatable bonds is 5. The predicted octanol–water partition coefficient (Wildman–Crippen LogP) is 1.87. The molecule has 3 aliphatic heterocycles. The van der Waals surface area contributed by atoms with Crippen LogP contribution in [-0.4, -0.2) is 61.9 Å². The standard InChI is InChI=1S/C25H44IN3O/c1-4-22-8-6-10-24(11-7-9-22)29-21(3)28(5-2)25(26-29)14-16-27(17-15-25)20-23-12-18-30-19-13-23/h3,22-24H,4-20H2,1-2H3. The van der Waals surface area contributed by atoms with Crippen molar-refractivity contribution >= 4 is 0 Å². The molecule has 1 spiro atoms. The molecular weight excluding hydrogens is 485 g/mol. The first-order valence-electron chi connectivity index (χ1n) is 12.8. The van der Waals surface area contributed by atoms with Crippen LogP contribution in [0.1, 0.15) is 84.5 Å². The second-order valence-electron chi connectivity index (χ2n) is 10.1. The SMILES string of the molecule is [CH+]=C1N(C2CCCC(CC)CCC2)[I-]C2(CCN(CC3CCOCC3)CC2)N1CC. The number of alkyl halides is 1. The summed E-state index contributed by atoms with van der Waals surface area (Å²) in [5, 5.41) is 0. The van der Waals surface area contributed by atoms with Crippen molar-refractivity contribution < 1.29 is 26.2 Å². The summed E-state index contributed by atoms with van der Waals surface area (Å²) in [5.41, 5.74) is 0. The van der Waals surface area contributed by atoms with Crippen LogP contribution in [0, 0.1) is 18.4 Å². The summed E-state index contributed by atoms with van der Waals surface area (Å²) in [7, 11) is 0. The molecule has 0 radical (unpaired) electrons. The predicted molar refractivity (Wildman–Crippen MR) is 119 cm³/mol. The molecule has 0 aromatic rings. The molecule has 3 heterocycles. The second kappa shape index (κ2) is 10.7. The maximum atomic E-state index is 6.87. The van der Waals surface area contributed by atoms with Gasteiger partial charge in [0.25, 0.3) is 0 Å². The monoisotopic (exact) mass is 529 g/mol. The van der Waals surface area contributed by atoms with E-state index >= 15 is 0 Å². The zero-order valence-corrected chi connectivity index (χ0v) is 21.6. The Morgan fingerprint density at radius 1 is 0.967 bits per heavy atom. The molecule has 3 saturated heterocycles. The van der Waals surface area contributed by atoms with Crippen LogP contribution >= 0.6 is 0 Å². The van der Waals surface area contributed by atoms with Gasteiger partial charge in [-0.05, 0) is 0 Å². The molecule has 4 rings (SSSR count). The van der Waals surface area contributed by atoms with Crippen LogP contribution in [0.2, 0.25) is 0 Å². The summed E-state index contributed by atoms with van der Waals surface area (Å²) in [5.74, 6) is 2.96. The summed E-state index contributed by atoms with van der Waals surface area (Å²) >= 11 is -0.0695. The van der Waals surface area contributed by atoms with Crippen molar-refractivity contribution in [2.75, 3.05) is 39.4 Å². The van der Waals surface area contributed by atoms with Crippen LogP contribution in [-0.2, 0) is 4.74 Å². The zero-order valence-electron chi connectivity index (χ0n) is 19.5. The van der Waals surface area contributed by atoms with Gasteiger partial charge in [0.15, 0.2) is 0 Å². The van der Waals surface area contributed by atoms with Crippen LogP contribution in [0.15, 0.2) is 5.82 Å². The van der Waals surface area contributed by atoms with Crippen LogP contribution in [0.5, 0.6) is 0 Å². The van der Waals surface area contributed by atoms with Crippen LogP contribution in [0.3, 0.4) is 0 Å². The summed E-state index contributed by atoms with van der Waals surface area (Å²) in [6, 6.07) is 0.712. The van der Waals surface area contributed by atoms with Gasteiger partial charge in [-0.25, -0.2) is 0 Å². The third kappa shape index (κ3) is 5.10. The molecule has 4 fully saturated rings. The number of nitrogens with zero attached hydrogens (tertiary/aromatic N) is 3. The van der Waals surface area contributed by atoms with E-state index in [1.807, 2.05) is 0 Å². The molecular formula is C25H44IN3O. The van der Waals surface area contributed by atoms with E-state index in [-0.39, 0.29) is 21.5 Å². The van der Waals surface area contributed by atoms with Gasteiger partial charge in [0.2, 0.25) is 0 Å². The molecule has 0 unspecified atom stereocenters. The third-order valence-corrected chi connectivity index (χ3v) is 12.6. The van der Waals surface area contributed by atoms with Crippen molar-refractivity contribution in [3.05, 3.63) is 12.4 Å². The minimum atomic E-state index is -0.0695. The fourth-order valence-electron chi connectivity index (χ4n) is 6.22. The van der Waals surface area contributed by atoms with Gasteiger partial charge in [-0.2, -0.15) is 0 Å². The Morgan fingerprint density at radius 2 is 1.63 bits per heavy atom. The van der Waals surface area contributed by atoms with Crippen molar-refractivity contribution in [1.82, 2.24) is 12.9 Å². The van der Waals surface area contributed by atoms with Gasteiger partial charge in [0.1, 0.15) is 0 Å². The van der Waals surface area contributed by atoms with Crippen molar-refractivity contribution in [3.63, 3.8) is 0 Å². The molecule has 1 saturated carbocycles. The fourth-order valence-corrected chi connectivity index (χ4v) is 10.5. The molecule has 0 N–H and O–H groups in total. The minimum absolute atomic E-state index is 0.0695. The Morgan fingerprint density at radius 3 is 2.23 bits per heavy atom. The number of halogens is 1. The first kappa shape index (κ1) is 23.1. The Balaban J connectivity index is 1.35. The van der Waals surface area contributed by atoms with E-state index in [1.54, 1.807) is 0 Å². The Labute approximate surface area is 196 Å². The average molecular weight is 530 g/mol. The zero-order chi connectivity index (χ0) is 21.0. The molecule has 0 aromatic carbocycles. The quantitative estimate of drug-likeness (QED) is 0.178.